The average molecular weight is 213 g/mol. The smallest absolute Gasteiger partial charge is 0.230 e. The molecule has 0 saturated heterocycles. The summed E-state index contributed by atoms with van der Waals surface area (Å²) in [6.07, 6.45) is 3.07. The average Bonchev–Trinajstić information content (AvgIpc) is 2.16. The zero-order valence-electron chi connectivity index (χ0n) is 10.4. The second-order valence-corrected chi connectivity index (χ2v) is 4.08. The van der Waals surface area contributed by atoms with Gasteiger partial charge in [0.05, 0.1) is 6.42 Å². The third-order valence-corrected chi connectivity index (χ3v) is 2.60. The zero-order chi connectivity index (χ0) is 11.8. The highest BCUT2D eigenvalue weighted by Crippen LogP contribution is 2.08. The van der Waals surface area contributed by atoms with Gasteiger partial charge in [-0.15, -0.1) is 0 Å². The fraction of sp³-hybridized carbons (Fsp3) is 0.833. The van der Waals surface area contributed by atoms with Crippen LogP contribution in [0.4, 0.5) is 0 Å². The molecule has 88 valence electrons. The Kier molecular flexibility index (Phi) is 7.01. The highest BCUT2D eigenvalue weighted by atomic mass is 16.2. The molecular formula is C12H23NO2. The minimum atomic E-state index is -0.0511. The van der Waals surface area contributed by atoms with Crippen LogP contribution in [0.1, 0.15) is 53.4 Å². The van der Waals surface area contributed by atoms with Crippen molar-refractivity contribution in [2.75, 3.05) is 6.54 Å². The first-order valence-electron chi connectivity index (χ1n) is 5.81. The Balaban J connectivity index is 4.33. The summed E-state index contributed by atoms with van der Waals surface area (Å²) in [6.45, 7) is 8.44. The molecule has 0 fully saturated rings. The third-order valence-electron chi connectivity index (χ3n) is 2.60. The standard InChI is InChI=1S/C12H23NO2/c1-5-7-8-13(10(3)6-2)12(15)9-11(4)14/h10H,5-9H2,1-4H3. The van der Waals surface area contributed by atoms with E-state index in [1.807, 2.05) is 11.8 Å². The van der Waals surface area contributed by atoms with Crippen molar-refractivity contribution >= 4 is 11.7 Å². The number of hydrogen-bond acceptors (Lipinski definition) is 2. The van der Waals surface area contributed by atoms with Gasteiger partial charge in [0.2, 0.25) is 5.91 Å². The number of carbonyl (C=O) groups is 2. The van der Waals surface area contributed by atoms with Crippen LogP contribution < -0.4 is 0 Å². The van der Waals surface area contributed by atoms with E-state index >= 15 is 0 Å². The fourth-order valence-corrected chi connectivity index (χ4v) is 1.45. The molecule has 0 aliphatic carbocycles. The molecule has 15 heavy (non-hydrogen) atoms. The lowest BCUT2D eigenvalue weighted by atomic mass is 10.1. The van der Waals surface area contributed by atoms with Gasteiger partial charge in [0, 0.05) is 12.6 Å². The highest BCUT2D eigenvalue weighted by Gasteiger charge is 2.18. The van der Waals surface area contributed by atoms with Gasteiger partial charge in [-0.1, -0.05) is 20.3 Å². The van der Waals surface area contributed by atoms with Crippen LogP contribution in [0.15, 0.2) is 0 Å². The number of amides is 1. The van der Waals surface area contributed by atoms with E-state index in [2.05, 4.69) is 13.8 Å². The van der Waals surface area contributed by atoms with Gasteiger partial charge in [-0.3, -0.25) is 9.59 Å². The molecule has 1 unspecified atom stereocenters. The first kappa shape index (κ1) is 14.1. The lowest BCUT2D eigenvalue weighted by Gasteiger charge is -2.28. The van der Waals surface area contributed by atoms with Crippen LogP contribution in [0.2, 0.25) is 0 Å². The lowest BCUT2D eigenvalue weighted by molar-refractivity contribution is -0.136. The summed E-state index contributed by atoms with van der Waals surface area (Å²) in [4.78, 5) is 24.5. The molecule has 1 amide bonds. The molecule has 0 aromatic carbocycles. The Hall–Kier alpha value is -0.860. The second kappa shape index (κ2) is 7.43. The predicted octanol–water partition coefficient (Wildman–Crippen LogP) is 2.39. The first-order valence-corrected chi connectivity index (χ1v) is 5.81. The number of ketones is 1. The SMILES string of the molecule is CCCCN(C(=O)CC(C)=O)C(C)CC. The van der Waals surface area contributed by atoms with E-state index in [1.165, 1.54) is 6.92 Å². The number of rotatable bonds is 7. The van der Waals surface area contributed by atoms with E-state index in [4.69, 9.17) is 0 Å². The van der Waals surface area contributed by atoms with Gasteiger partial charge < -0.3 is 4.90 Å². The van der Waals surface area contributed by atoms with E-state index in [1.54, 1.807) is 0 Å². The summed E-state index contributed by atoms with van der Waals surface area (Å²) in [7, 11) is 0. The molecule has 0 saturated carbocycles. The van der Waals surface area contributed by atoms with Crippen molar-refractivity contribution in [3.8, 4) is 0 Å². The molecule has 0 aliphatic heterocycles. The molecule has 3 nitrogen and oxygen atoms in total. The number of unbranched alkanes of at least 4 members (excludes halogenated alkanes) is 1. The van der Waals surface area contributed by atoms with Gasteiger partial charge in [-0.05, 0) is 26.7 Å². The van der Waals surface area contributed by atoms with Crippen molar-refractivity contribution in [3.63, 3.8) is 0 Å². The van der Waals surface area contributed by atoms with Crippen LogP contribution in [-0.4, -0.2) is 29.2 Å². The van der Waals surface area contributed by atoms with E-state index < -0.39 is 0 Å². The molecule has 0 rings (SSSR count). The Morgan fingerprint density at radius 1 is 1.27 bits per heavy atom. The molecule has 0 aromatic heterocycles. The minimum Gasteiger partial charge on any atom is -0.340 e. The molecule has 3 heteroatoms. The maximum Gasteiger partial charge on any atom is 0.230 e. The molecule has 0 spiro atoms. The van der Waals surface area contributed by atoms with Crippen LogP contribution in [-0.2, 0) is 9.59 Å². The zero-order valence-corrected chi connectivity index (χ0v) is 10.4. The van der Waals surface area contributed by atoms with Crippen LogP contribution >= 0.6 is 0 Å². The normalized spacial score (nSPS) is 12.3. The Morgan fingerprint density at radius 2 is 1.87 bits per heavy atom. The maximum absolute atomic E-state index is 11.8. The topological polar surface area (TPSA) is 37.4 Å². The largest absolute Gasteiger partial charge is 0.340 e. The van der Waals surface area contributed by atoms with Crippen LogP contribution in [0.5, 0.6) is 0 Å². The quantitative estimate of drug-likeness (QED) is 0.609. The van der Waals surface area contributed by atoms with Gasteiger partial charge in [-0.2, -0.15) is 0 Å². The number of hydrogen-bond donors (Lipinski definition) is 0. The summed E-state index contributed by atoms with van der Waals surface area (Å²) in [5.74, 6) is -0.0740. The third kappa shape index (κ3) is 5.55. The second-order valence-electron chi connectivity index (χ2n) is 4.08. The molecule has 0 aliphatic rings. The summed E-state index contributed by atoms with van der Waals surface area (Å²) < 4.78 is 0. The molecule has 0 N–H and O–H groups in total. The molecule has 1 atom stereocenters. The van der Waals surface area contributed by atoms with E-state index in [0.29, 0.717) is 0 Å². The summed E-state index contributed by atoms with van der Waals surface area (Å²) in [5.41, 5.74) is 0. The Labute approximate surface area is 92.8 Å². The van der Waals surface area contributed by atoms with Gasteiger partial charge in [0.25, 0.3) is 0 Å². The summed E-state index contributed by atoms with van der Waals surface area (Å²) >= 11 is 0. The van der Waals surface area contributed by atoms with Crippen LogP contribution in [0.3, 0.4) is 0 Å². The van der Waals surface area contributed by atoms with Gasteiger partial charge in [0.1, 0.15) is 5.78 Å². The lowest BCUT2D eigenvalue weighted by Crippen LogP contribution is -2.39. The summed E-state index contributed by atoms with van der Waals surface area (Å²) in [6, 6.07) is 0.239. The molecule has 0 radical (unpaired) electrons. The first-order chi connectivity index (χ1) is 7.02. The van der Waals surface area contributed by atoms with Crippen molar-refractivity contribution < 1.29 is 9.59 Å². The van der Waals surface area contributed by atoms with Crippen molar-refractivity contribution in [2.45, 2.75) is 59.4 Å². The Bertz CT molecular complexity index is 214. The van der Waals surface area contributed by atoms with Crippen LogP contribution in [0, 0.1) is 0 Å². The van der Waals surface area contributed by atoms with Gasteiger partial charge in [-0.25, -0.2) is 0 Å². The number of carbonyl (C=O) groups excluding carboxylic acids is 2. The minimum absolute atomic E-state index is 0.0229. The molecule has 0 heterocycles. The van der Waals surface area contributed by atoms with Gasteiger partial charge in [0.15, 0.2) is 0 Å². The number of Topliss-reactive ketones (excluding diaryl/α,β-unsaturated/α-hetero) is 1. The van der Waals surface area contributed by atoms with E-state index in [-0.39, 0.29) is 24.2 Å². The Morgan fingerprint density at radius 3 is 2.27 bits per heavy atom. The van der Waals surface area contributed by atoms with Crippen molar-refractivity contribution in [1.82, 2.24) is 4.90 Å². The highest BCUT2D eigenvalue weighted by molar-refractivity contribution is 5.96. The number of nitrogens with zero attached hydrogens (tertiary/aromatic N) is 1. The molecular weight excluding hydrogens is 190 g/mol. The predicted molar refractivity (Wildman–Crippen MR) is 61.7 cm³/mol. The van der Waals surface area contributed by atoms with E-state index in [9.17, 15) is 9.59 Å². The van der Waals surface area contributed by atoms with Crippen molar-refractivity contribution in [2.24, 2.45) is 0 Å². The van der Waals surface area contributed by atoms with Crippen LogP contribution in [0.25, 0.3) is 0 Å². The maximum atomic E-state index is 11.8. The molecule has 0 aromatic rings. The van der Waals surface area contributed by atoms with Crippen molar-refractivity contribution in [1.29, 1.82) is 0 Å². The monoisotopic (exact) mass is 213 g/mol. The fourth-order valence-electron chi connectivity index (χ4n) is 1.45. The summed E-state index contributed by atoms with van der Waals surface area (Å²) in [5, 5.41) is 0. The van der Waals surface area contributed by atoms with E-state index in [0.717, 1.165) is 25.8 Å². The van der Waals surface area contributed by atoms with Gasteiger partial charge >= 0.3 is 0 Å². The van der Waals surface area contributed by atoms with Crippen molar-refractivity contribution in [3.05, 3.63) is 0 Å². The molecule has 0 bridgehead atoms.